The van der Waals surface area contributed by atoms with Gasteiger partial charge in [0, 0.05) is 31.3 Å². The van der Waals surface area contributed by atoms with Gasteiger partial charge in [0.2, 0.25) is 0 Å². The van der Waals surface area contributed by atoms with Gasteiger partial charge in [-0.25, -0.2) is 9.59 Å². The molecule has 0 atom stereocenters. The lowest BCUT2D eigenvalue weighted by Crippen LogP contribution is -2.51. The number of rotatable bonds is 4. The summed E-state index contributed by atoms with van der Waals surface area (Å²) >= 11 is 6.39. The minimum absolute atomic E-state index is 0.0524. The molecule has 2 aliphatic rings. The highest BCUT2D eigenvalue weighted by Gasteiger charge is 2.36. The number of carbonyl (C=O) groups excluding carboxylic acids is 4. The van der Waals surface area contributed by atoms with Gasteiger partial charge in [-0.3, -0.25) is 14.5 Å². The molecule has 0 aliphatic carbocycles. The predicted octanol–water partition coefficient (Wildman–Crippen LogP) is 5.17. The molecule has 1 N–H and O–H groups in total. The molecule has 4 amide bonds. The highest BCUT2D eigenvalue weighted by molar-refractivity contribution is 6.35. The number of fused-ring (bicyclic) bond motifs is 2. The Kier molecular flexibility index (Phi) is 7.75. The topological polar surface area (TPSA) is 99.3 Å². The fourth-order valence-corrected chi connectivity index (χ4v) is 5.37. The third-order valence-corrected chi connectivity index (χ3v) is 7.37. The van der Waals surface area contributed by atoms with Crippen LogP contribution in [-0.4, -0.2) is 36.9 Å². The quantitative estimate of drug-likeness (QED) is 0.474. The lowest BCUT2D eigenvalue weighted by atomic mass is 10.0. The van der Waals surface area contributed by atoms with Crippen LogP contribution in [0.2, 0.25) is 5.02 Å². The third kappa shape index (κ3) is 5.37. The minimum Gasteiger partial charge on any atom is -0.334 e. The SMILES string of the molecule is CC(=O)ON1C(=O)CN(C(=O)NCc2ccc(C(=O)N3CCCCc4ccccc43)cc2C)c2c(Cl)cccc21. The Labute approximate surface area is 237 Å². The lowest BCUT2D eigenvalue weighted by Gasteiger charge is -2.34. The van der Waals surface area contributed by atoms with E-state index in [4.69, 9.17) is 16.4 Å². The second kappa shape index (κ2) is 11.4. The fraction of sp³-hybridized carbons (Fsp3) is 0.267. The first kappa shape index (κ1) is 27.2. The normalized spacial score (nSPS) is 14.7. The number of aryl methyl sites for hydroxylation is 2. The molecule has 0 radical (unpaired) electrons. The van der Waals surface area contributed by atoms with Crippen LogP contribution in [0.3, 0.4) is 0 Å². The molecule has 0 fully saturated rings. The van der Waals surface area contributed by atoms with E-state index >= 15 is 0 Å². The standard InChI is InChI=1S/C30H29ClN4O5/c1-19-16-22(29(38)33-15-6-5-9-21-8-3-4-11-25(21)33)13-14-23(19)17-32-30(39)34-18-27(37)35(40-20(2)36)26-12-7-10-24(31)28(26)34/h3-4,7-8,10-14,16H,5-6,9,15,17-18H2,1-2H3,(H,32,39). The molecule has 40 heavy (non-hydrogen) atoms. The fourth-order valence-electron chi connectivity index (χ4n) is 5.10. The zero-order chi connectivity index (χ0) is 28.4. The van der Waals surface area contributed by atoms with Gasteiger partial charge in [-0.1, -0.05) is 41.9 Å². The second-order valence-electron chi connectivity index (χ2n) is 9.81. The highest BCUT2D eigenvalue weighted by atomic mass is 35.5. The van der Waals surface area contributed by atoms with E-state index < -0.39 is 17.9 Å². The van der Waals surface area contributed by atoms with Gasteiger partial charge in [0.1, 0.15) is 12.2 Å². The molecule has 0 aromatic heterocycles. The molecule has 0 unspecified atom stereocenters. The van der Waals surface area contributed by atoms with Crippen LogP contribution in [0, 0.1) is 6.92 Å². The molecule has 0 saturated heterocycles. The summed E-state index contributed by atoms with van der Waals surface area (Å²) in [6.07, 6.45) is 2.94. The predicted molar refractivity (Wildman–Crippen MR) is 153 cm³/mol. The monoisotopic (exact) mass is 560 g/mol. The molecule has 206 valence electrons. The number of hydroxylamine groups is 1. The molecule has 10 heteroatoms. The molecule has 3 aromatic carbocycles. The van der Waals surface area contributed by atoms with E-state index in [9.17, 15) is 19.2 Å². The van der Waals surface area contributed by atoms with Crippen molar-refractivity contribution in [2.75, 3.05) is 28.0 Å². The van der Waals surface area contributed by atoms with E-state index in [0.717, 1.165) is 41.1 Å². The van der Waals surface area contributed by atoms with E-state index in [1.54, 1.807) is 24.3 Å². The number of para-hydroxylation sites is 2. The third-order valence-electron chi connectivity index (χ3n) is 7.06. The van der Waals surface area contributed by atoms with Crippen molar-refractivity contribution in [3.05, 3.63) is 87.9 Å². The van der Waals surface area contributed by atoms with E-state index in [1.165, 1.54) is 17.4 Å². The number of carbonyl (C=O) groups is 4. The number of nitrogens with one attached hydrogen (secondary N) is 1. The Morgan fingerprint density at radius 1 is 0.975 bits per heavy atom. The van der Waals surface area contributed by atoms with E-state index in [2.05, 4.69) is 11.4 Å². The van der Waals surface area contributed by atoms with Crippen LogP contribution in [0.4, 0.5) is 21.9 Å². The first-order valence-electron chi connectivity index (χ1n) is 13.1. The molecule has 9 nitrogen and oxygen atoms in total. The maximum absolute atomic E-state index is 13.5. The maximum atomic E-state index is 13.5. The van der Waals surface area contributed by atoms with E-state index in [1.807, 2.05) is 42.2 Å². The number of halogens is 1. The number of anilines is 3. The molecule has 3 aromatic rings. The van der Waals surface area contributed by atoms with Crippen LogP contribution in [0.5, 0.6) is 0 Å². The van der Waals surface area contributed by atoms with Gasteiger partial charge in [-0.2, -0.15) is 0 Å². The number of hydrogen-bond acceptors (Lipinski definition) is 5. The molecule has 5 rings (SSSR count). The molecule has 0 saturated carbocycles. The van der Waals surface area contributed by atoms with Crippen LogP contribution in [0.1, 0.15) is 46.8 Å². The largest absolute Gasteiger partial charge is 0.334 e. The Balaban J connectivity index is 1.31. The summed E-state index contributed by atoms with van der Waals surface area (Å²) in [5, 5.41) is 3.93. The van der Waals surface area contributed by atoms with Crippen LogP contribution < -0.4 is 20.2 Å². The average molecular weight is 561 g/mol. The van der Waals surface area contributed by atoms with Crippen LogP contribution in [-0.2, 0) is 27.4 Å². The summed E-state index contributed by atoms with van der Waals surface area (Å²) in [6, 6.07) is 17.7. The summed E-state index contributed by atoms with van der Waals surface area (Å²) in [4.78, 5) is 59.1. The minimum atomic E-state index is -0.672. The van der Waals surface area contributed by atoms with E-state index in [-0.39, 0.29) is 35.4 Å². The Hall–Kier alpha value is -4.37. The van der Waals surface area contributed by atoms with Crippen molar-refractivity contribution in [3.63, 3.8) is 0 Å². The summed E-state index contributed by atoms with van der Waals surface area (Å²) in [5.41, 5.74) is 4.85. The Bertz CT molecular complexity index is 1510. The van der Waals surface area contributed by atoms with Gasteiger partial charge < -0.3 is 15.1 Å². The molecule has 0 bridgehead atoms. The first-order valence-corrected chi connectivity index (χ1v) is 13.5. The van der Waals surface area contributed by atoms with Gasteiger partial charge in [0.25, 0.3) is 11.8 Å². The van der Waals surface area contributed by atoms with Gasteiger partial charge in [-0.15, -0.1) is 5.06 Å². The van der Waals surface area contributed by atoms with Crippen molar-refractivity contribution in [1.29, 1.82) is 0 Å². The lowest BCUT2D eigenvalue weighted by molar-refractivity contribution is -0.148. The van der Waals surface area contributed by atoms with Crippen LogP contribution >= 0.6 is 11.6 Å². The number of benzene rings is 3. The smallest absolute Gasteiger partial charge is 0.330 e. The van der Waals surface area contributed by atoms with E-state index in [0.29, 0.717) is 12.1 Å². The average Bonchev–Trinajstić information content (AvgIpc) is 3.15. The summed E-state index contributed by atoms with van der Waals surface area (Å²) in [5.74, 6) is -1.31. The van der Waals surface area contributed by atoms with Gasteiger partial charge >= 0.3 is 12.0 Å². The molecule has 0 spiro atoms. The maximum Gasteiger partial charge on any atom is 0.330 e. The van der Waals surface area contributed by atoms with Crippen molar-refractivity contribution in [3.8, 4) is 0 Å². The number of urea groups is 1. The number of hydrogen-bond donors (Lipinski definition) is 1. The van der Waals surface area contributed by atoms with Crippen molar-refractivity contribution in [2.45, 2.75) is 39.7 Å². The van der Waals surface area contributed by atoms with Crippen molar-refractivity contribution < 1.29 is 24.0 Å². The number of nitrogens with zero attached hydrogens (tertiary/aromatic N) is 3. The van der Waals surface area contributed by atoms with Gasteiger partial charge in [-0.05, 0) is 73.2 Å². The summed E-state index contributed by atoms with van der Waals surface area (Å²) < 4.78 is 0. The first-order chi connectivity index (χ1) is 19.2. The Morgan fingerprint density at radius 2 is 1.75 bits per heavy atom. The zero-order valence-corrected chi connectivity index (χ0v) is 23.0. The molecule has 2 aliphatic heterocycles. The van der Waals surface area contributed by atoms with Gasteiger partial charge in [0.15, 0.2) is 0 Å². The van der Waals surface area contributed by atoms with Crippen LogP contribution in [0.25, 0.3) is 0 Å². The number of amides is 4. The van der Waals surface area contributed by atoms with Gasteiger partial charge in [0.05, 0.1) is 10.7 Å². The summed E-state index contributed by atoms with van der Waals surface area (Å²) in [7, 11) is 0. The van der Waals surface area contributed by atoms with Crippen LogP contribution in [0.15, 0.2) is 60.7 Å². The molecule has 2 heterocycles. The van der Waals surface area contributed by atoms with Crippen molar-refractivity contribution >= 4 is 52.5 Å². The molecular weight excluding hydrogens is 532 g/mol. The second-order valence-corrected chi connectivity index (χ2v) is 10.2. The van der Waals surface area contributed by atoms with Crippen molar-refractivity contribution in [1.82, 2.24) is 5.32 Å². The van der Waals surface area contributed by atoms with Crippen molar-refractivity contribution in [2.24, 2.45) is 0 Å². The molecular formula is C30H29ClN4O5. The highest BCUT2D eigenvalue weighted by Crippen LogP contribution is 2.39. The zero-order valence-electron chi connectivity index (χ0n) is 22.3. The Morgan fingerprint density at radius 3 is 2.52 bits per heavy atom. The summed E-state index contributed by atoms with van der Waals surface area (Å²) in [6.45, 7) is 3.55.